The zero-order valence-electron chi connectivity index (χ0n) is 11.6. The Morgan fingerprint density at radius 1 is 1.29 bits per heavy atom. The first kappa shape index (κ1) is 15.0. The molecule has 2 N–H and O–H groups in total. The number of thiophene rings is 1. The lowest BCUT2D eigenvalue weighted by atomic mass is 10.2. The van der Waals surface area contributed by atoms with Crippen LogP contribution in [0.5, 0.6) is 0 Å². The summed E-state index contributed by atoms with van der Waals surface area (Å²) in [6.07, 6.45) is 0. The number of nitro benzene ring substituents is 1. The standard InChI is InChI=1S/C14H16N4O2S/c1-15-14(16-8-11-6-7-21-10-11)17-9-12-4-2-3-5-13(12)18(19)20/h2-7,10H,8-9H2,1H3,(H2,15,16,17). The zero-order chi connectivity index (χ0) is 15.1. The van der Waals surface area contributed by atoms with E-state index in [1.165, 1.54) is 11.6 Å². The summed E-state index contributed by atoms with van der Waals surface area (Å²) in [5, 5.41) is 21.3. The van der Waals surface area contributed by atoms with Gasteiger partial charge in [-0.15, -0.1) is 0 Å². The van der Waals surface area contributed by atoms with Gasteiger partial charge in [-0.3, -0.25) is 15.1 Å². The van der Waals surface area contributed by atoms with E-state index in [4.69, 9.17) is 0 Å². The molecule has 6 nitrogen and oxygen atoms in total. The lowest BCUT2D eigenvalue weighted by Gasteiger charge is -2.11. The van der Waals surface area contributed by atoms with Crippen LogP contribution in [0.3, 0.4) is 0 Å². The summed E-state index contributed by atoms with van der Waals surface area (Å²) in [6.45, 7) is 1.01. The quantitative estimate of drug-likeness (QED) is 0.385. The van der Waals surface area contributed by atoms with Crippen LogP contribution < -0.4 is 10.6 Å². The molecule has 110 valence electrons. The molecule has 1 aromatic heterocycles. The van der Waals surface area contributed by atoms with Crippen molar-refractivity contribution in [2.45, 2.75) is 13.1 Å². The average Bonchev–Trinajstić information content (AvgIpc) is 3.01. The molecule has 0 aliphatic heterocycles. The third kappa shape index (κ3) is 4.28. The number of aliphatic imine (C=N–C) groups is 1. The van der Waals surface area contributed by atoms with Gasteiger partial charge in [0.25, 0.3) is 5.69 Å². The Labute approximate surface area is 126 Å². The highest BCUT2D eigenvalue weighted by molar-refractivity contribution is 7.07. The summed E-state index contributed by atoms with van der Waals surface area (Å²) in [5.41, 5.74) is 1.91. The molecule has 21 heavy (non-hydrogen) atoms. The van der Waals surface area contributed by atoms with E-state index >= 15 is 0 Å². The van der Waals surface area contributed by atoms with Crippen LogP contribution in [0.1, 0.15) is 11.1 Å². The maximum absolute atomic E-state index is 11.0. The normalized spacial score (nSPS) is 11.2. The molecule has 1 aromatic carbocycles. The Hall–Kier alpha value is -2.41. The minimum atomic E-state index is -0.376. The van der Waals surface area contributed by atoms with Crippen molar-refractivity contribution in [3.63, 3.8) is 0 Å². The monoisotopic (exact) mass is 304 g/mol. The van der Waals surface area contributed by atoms with Gasteiger partial charge in [0.1, 0.15) is 0 Å². The van der Waals surface area contributed by atoms with Crippen molar-refractivity contribution < 1.29 is 4.92 Å². The molecular weight excluding hydrogens is 288 g/mol. The minimum absolute atomic E-state index is 0.110. The molecule has 0 aliphatic rings. The van der Waals surface area contributed by atoms with Crippen LogP contribution in [-0.4, -0.2) is 17.9 Å². The lowest BCUT2D eigenvalue weighted by Crippen LogP contribution is -2.36. The van der Waals surface area contributed by atoms with Gasteiger partial charge < -0.3 is 10.6 Å². The van der Waals surface area contributed by atoms with Crippen molar-refractivity contribution in [1.82, 2.24) is 10.6 Å². The van der Waals surface area contributed by atoms with Gasteiger partial charge in [0.15, 0.2) is 5.96 Å². The SMILES string of the molecule is CN=C(NCc1ccsc1)NCc1ccccc1[N+](=O)[O-]. The molecule has 0 atom stereocenters. The molecular formula is C14H16N4O2S. The van der Waals surface area contributed by atoms with Gasteiger partial charge in [0, 0.05) is 31.8 Å². The largest absolute Gasteiger partial charge is 0.352 e. The van der Waals surface area contributed by atoms with Crippen LogP contribution in [0.15, 0.2) is 46.1 Å². The van der Waals surface area contributed by atoms with Crippen LogP contribution in [0.25, 0.3) is 0 Å². The Bertz CT molecular complexity index is 626. The molecule has 1 heterocycles. The smallest absolute Gasteiger partial charge is 0.274 e. The van der Waals surface area contributed by atoms with Crippen molar-refractivity contribution in [2.75, 3.05) is 7.05 Å². The molecule has 2 aromatic rings. The highest BCUT2D eigenvalue weighted by Gasteiger charge is 2.12. The molecule has 0 radical (unpaired) electrons. The molecule has 0 amide bonds. The number of para-hydroxylation sites is 1. The van der Waals surface area contributed by atoms with Gasteiger partial charge in [-0.2, -0.15) is 11.3 Å². The van der Waals surface area contributed by atoms with E-state index in [1.54, 1.807) is 36.6 Å². The minimum Gasteiger partial charge on any atom is -0.352 e. The van der Waals surface area contributed by atoms with Gasteiger partial charge in [-0.05, 0) is 22.4 Å². The van der Waals surface area contributed by atoms with Crippen molar-refractivity contribution >= 4 is 23.0 Å². The van der Waals surface area contributed by atoms with Crippen LogP contribution in [-0.2, 0) is 13.1 Å². The number of nitro groups is 1. The summed E-state index contributed by atoms with van der Waals surface area (Å²) in [7, 11) is 1.67. The third-order valence-electron chi connectivity index (χ3n) is 2.90. The van der Waals surface area contributed by atoms with Crippen molar-refractivity contribution in [3.05, 3.63) is 62.3 Å². The van der Waals surface area contributed by atoms with E-state index in [1.807, 2.05) is 11.4 Å². The second kappa shape index (κ2) is 7.39. The number of nitrogens with zero attached hydrogens (tertiary/aromatic N) is 2. The predicted octanol–water partition coefficient (Wildman–Crippen LogP) is 2.52. The molecule has 0 spiro atoms. The van der Waals surface area contributed by atoms with Crippen LogP contribution in [0, 0.1) is 10.1 Å². The van der Waals surface area contributed by atoms with Crippen LogP contribution >= 0.6 is 11.3 Å². The Balaban J connectivity index is 1.93. The molecule has 0 saturated carbocycles. The highest BCUT2D eigenvalue weighted by atomic mass is 32.1. The van der Waals surface area contributed by atoms with E-state index in [-0.39, 0.29) is 10.6 Å². The topological polar surface area (TPSA) is 79.6 Å². The fraction of sp³-hybridized carbons (Fsp3) is 0.214. The number of benzene rings is 1. The highest BCUT2D eigenvalue weighted by Crippen LogP contribution is 2.16. The zero-order valence-corrected chi connectivity index (χ0v) is 12.4. The van der Waals surface area contributed by atoms with E-state index in [9.17, 15) is 10.1 Å². The fourth-order valence-corrected chi connectivity index (χ4v) is 2.49. The summed E-state index contributed by atoms with van der Waals surface area (Å²) in [5.74, 6) is 0.611. The average molecular weight is 304 g/mol. The second-order valence-electron chi connectivity index (χ2n) is 4.30. The maximum Gasteiger partial charge on any atom is 0.274 e. The fourth-order valence-electron chi connectivity index (χ4n) is 1.82. The van der Waals surface area contributed by atoms with Crippen LogP contribution in [0.2, 0.25) is 0 Å². The van der Waals surface area contributed by atoms with E-state index < -0.39 is 0 Å². The first-order chi connectivity index (χ1) is 10.2. The first-order valence-electron chi connectivity index (χ1n) is 6.38. The lowest BCUT2D eigenvalue weighted by molar-refractivity contribution is -0.385. The summed E-state index contributed by atoms with van der Waals surface area (Å²) in [4.78, 5) is 14.7. The predicted molar refractivity (Wildman–Crippen MR) is 84.5 cm³/mol. The number of guanidine groups is 1. The first-order valence-corrected chi connectivity index (χ1v) is 7.33. The van der Waals surface area contributed by atoms with Crippen molar-refractivity contribution in [3.8, 4) is 0 Å². The molecule has 2 rings (SSSR count). The third-order valence-corrected chi connectivity index (χ3v) is 3.63. The van der Waals surface area contributed by atoms with Crippen molar-refractivity contribution in [1.29, 1.82) is 0 Å². The number of hydrogen-bond donors (Lipinski definition) is 2. The second-order valence-corrected chi connectivity index (χ2v) is 5.08. The summed E-state index contributed by atoms with van der Waals surface area (Å²) in [6, 6.07) is 8.71. The van der Waals surface area contributed by atoms with Gasteiger partial charge >= 0.3 is 0 Å². The Morgan fingerprint density at radius 3 is 2.71 bits per heavy atom. The summed E-state index contributed by atoms with van der Waals surface area (Å²) < 4.78 is 0. The van der Waals surface area contributed by atoms with Crippen molar-refractivity contribution in [2.24, 2.45) is 4.99 Å². The van der Waals surface area contributed by atoms with Gasteiger partial charge in [-0.1, -0.05) is 18.2 Å². The van der Waals surface area contributed by atoms with E-state index in [0.29, 0.717) is 24.6 Å². The van der Waals surface area contributed by atoms with Crippen LogP contribution in [0.4, 0.5) is 5.69 Å². The maximum atomic E-state index is 11.0. The Kier molecular flexibility index (Phi) is 5.28. The Morgan fingerprint density at radius 2 is 2.05 bits per heavy atom. The number of rotatable bonds is 5. The number of hydrogen-bond acceptors (Lipinski definition) is 4. The molecule has 0 saturated heterocycles. The molecule has 7 heteroatoms. The van der Waals surface area contributed by atoms with Gasteiger partial charge in [0.05, 0.1) is 4.92 Å². The summed E-state index contributed by atoms with van der Waals surface area (Å²) >= 11 is 1.64. The molecule has 0 unspecified atom stereocenters. The number of nitrogens with one attached hydrogen (secondary N) is 2. The molecule has 0 aliphatic carbocycles. The molecule has 0 fully saturated rings. The molecule has 0 bridgehead atoms. The van der Waals surface area contributed by atoms with E-state index in [0.717, 1.165) is 0 Å². The van der Waals surface area contributed by atoms with Gasteiger partial charge in [0.2, 0.25) is 0 Å². The van der Waals surface area contributed by atoms with Gasteiger partial charge in [-0.25, -0.2) is 0 Å². The van der Waals surface area contributed by atoms with E-state index in [2.05, 4.69) is 21.0 Å².